The third-order valence-corrected chi connectivity index (χ3v) is 5.29. The van der Waals surface area contributed by atoms with Gasteiger partial charge < -0.3 is 5.32 Å². The van der Waals surface area contributed by atoms with E-state index in [1.165, 1.54) is 24.6 Å². The van der Waals surface area contributed by atoms with E-state index in [-0.39, 0.29) is 17.2 Å². The Balaban J connectivity index is 1.64. The minimum absolute atomic E-state index is 0.0311. The van der Waals surface area contributed by atoms with Gasteiger partial charge in [0.1, 0.15) is 11.3 Å². The monoisotopic (exact) mass is 313 g/mol. The lowest BCUT2D eigenvalue weighted by molar-refractivity contribution is -0.120. The number of amides is 1. The second kappa shape index (κ2) is 6.97. The van der Waals surface area contributed by atoms with Gasteiger partial charge in [-0.2, -0.15) is 5.26 Å². The number of hydrogen-bond acceptors (Lipinski definition) is 4. The lowest BCUT2D eigenvalue weighted by atomic mass is 10.0. The van der Waals surface area contributed by atoms with Crippen LogP contribution in [0.25, 0.3) is 0 Å². The maximum Gasteiger partial charge on any atom is 0.226 e. The van der Waals surface area contributed by atoms with E-state index in [4.69, 9.17) is 0 Å². The molecule has 22 heavy (non-hydrogen) atoms. The summed E-state index contributed by atoms with van der Waals surface area (Å²) in [5.41, 5.74) is 1.02. The van der Waals surface area contributed by atoms with Crippen LogP contribution in [0.2, 0.25) is 0 Å². The van der Waals surface area contributed by atoms with Crippen LogP contribution < -0.4 is 5.32 Å². The van der Waals surface area contributed by atoms with E-state index in [2.05, 4.69) is 16.4 Å². The molecule has 1 N–H and O–H groups in total. The Kier molecular flexibility index (Phi) is 4.79. The van der Waals surface area contributed by atoms with Gasteiger partial charge in [-0.1, -0.05) is 54.9 Å². The highest BCUT2D eigenvalue weighted by Crippen LogP contribution is 2.36. The molecule has 1 fully saturated rings. The first-order valence-corrected chi connectivity index (χ1v) is 8.63. The maximum atomic E-state index is 12.1. The Bertz CT molecular complexity index is 602. The van der Waals surface area contributed by atoms with E-state index < -0.39 is 0 Å². The molecule has 3 rings (SSSR count). The van der Waals surface area contributed by atoms with Crippen molar-refractivity contribution in [2.75, 3.05) is 0 Å². The van der Waals surface area contributed by atoms with Crippen LogP contribution in [0.1, 0.15) is 43.7 Å². The van der Waals surface area contributed by atoms with Gasteiger partial charge in [-0.15, -0.1) is 0 Å². The fourth-order valence-electron chi connectivity index (χ4n) is 3.11. The molecule has 0 bridgehead atoms. The van der Waals surface area contributed by atoms with E-state index in [0.717, 1.165) is 18.4 Å². The molecular weight excluding hydrogens is 294 g/mol. The number of nitrogens with zero attached hydrogens (tertiary/aromatic N) is 2. The number of aliphatic imine (C=N–C) groups is 1. The van der Waals surface area contributed by atoms with Crippen LogP contribution in [0.5, 0.6) is 0 Å². The zero-order valence-electron chi connectivity index (χ0n) is 12.4. The molecule has 1 aliphatic carbocycles. The van der Waals surface area contributed by atoms with Gasteiger partial charge in [-0.3, -0.25) is 9.79 Å². The van der Waals surface area contributed by atoms with Crippen molar-refractivity contribution in [1.29, 1.82) is 5.26 Å². The number of nitrogens with one attached hydrogen (secondary N) is 1. The number of carbonyl (C=O) groups excluding carboxylic acids is 1. The fourth-order valence-corrected chi connectivity index (χ4v) is 4.10. The molecule has 0 spiro atoms. The molecule has 1 aromatic carbocycles. The fraction of sp³-hybridized carbons (Fsp3) is 0.471. The summed E-state index contributed by atoms with van der Waals surface area (Å²) in [5, 5.41) is 12.5. The molecule has 1 saturated carbocycles. The Hall–Kier alpha value is -1.80. The van der Waals surface area contributed by atoms with Gasteiger partial charge in [0.25, 0.3) is 0 Å². The van der Waals surface area contributed by atoms with Crippen molar-refractivity contribution in [1.82, 2.24) is 5.32 Å². The predicted octanol–water partition coefficient (Wildman–Crippen LogP) is 3.42. The van der Waals surface area contributed by atoms with E-state index in [1.54, 1.807) is 0 Å². The molecule has 0 radical (unpaired) electrons. The van der Waals surface area contributed by atoms with Gasteiger partial charge in [-0.25, -0.2) is 0 Å². The zero-order valence-corrected chi connectivity index (χ0v) is 13.2. The quantitative estimate of drug-likeness (QED) is 0.930. The lowest BCUT2D eigenvalue weighted by Crippen LogP contribution is -2.28. The molecule has 2 atom stereocenters. The average molecular weight is 313 g/mol. The first-order valence-electron chi connectivity index (χ1n) is 7.75. The molecule has 0 saturated heterocycles. The second-order valence-electron chi connectivity index (χ2n) is 5.86. The third kappa shape index (κ3) is 3.50. The van der Waals surface area contributed by atoms with Gasteiger partial charge in [0, 0.05) is 6.42 Å². The topological polar surface area (TPSA) is 65.2 Å². The summed E-state index contributed by atoms with van der Waals surface area (Å²) in [5.74, 6) is 0.548. The van der Waals surface area contributed by atoms with Crippen LogP contribution >= 0.6 is 11.8 Å². The Morgan fingerprint density at radius 1 is 1.32 bits per heavy atom. The number of amidine groups is 1. The standard InChI is InChI=1S/C17H19N3OS/c18-11-14-16(13-8-2-1-3-9-13)20-17(22-14)19-15(21)10-12-6-4-5-7-12/h1-3,8-9,12,14,16H,4-7,10H2,(H,19,20,21). The van der Waals surface area contributed by atoms with Crippen LogP contribution in [-0.2, 0) is 4.79 Å². The smallest absolute Gasteiger partial charge is 0.226 e. The lowest BCUT2D eigenvalue weighted by Gasteiger charge is -2.09. The minimum atomic E-state index is -0.274. The van der Waals surface area contributed by atoms with Crippen LogP contribution in [-0.4, -0.2) is 16.3 Å². The number of rotatable bonds is 3. The van der Waals surface area contributed by atoms with Crippen molar-refractivity contribution in [2.24, 2.45) is 10.9 Å². The molecular formula is C17H19N3OS. The number of nitriles is 1. The average Bonchev–Trinajstić information content (AvgIpc) is 3.17. The molecule has 0 aromatic heterocycles. The Morgan fingerprint density at radius 3 is 2.73 bits per heavy atom. The molecule has 114 valence electrons. The van der Waals surface area contributed by atoms with Crippen LogP contribution in [0.15, 0.2) is 35.3 Å². The van der Waals surface area contributed by atoms with Crippen LogP contribution in [0.3, 0.4) is 0 Å². The largest absolute Gasteiger partial charge is 0.305 e. The van der Waals surface area contributed by atoms with Crippen molar-refractivity contribution in [3.63, 3.8) is 0 Å². The number of thioether (sulfide) groups is 1. The first-order chi connectivity index (χ1) is 10.8. The summed E-state index contributed by atoms with van der Waals surface area (Å²) in [6.07, 6.45) is 5.36. The first kappa shape index (κ1) is 15.1. The summed E-state index contributed by atoms with van der Waals surface area (Å²) in [6, 6.07) is 11.9. The zero-order chi connectivity index (χ0) is 15.4. The van der Waals surface area contributed by atoms with E-state index in [9.17, 15) is 10.1 Å². The van der Waals surface area contributed by atoms with Crippen molar-refractivity contribution in [2.45, 2.75) is 43.4 Å². The summed E-state index contributed by atoms with van der Waals surface area (Å²) in [7, 11) is 0. The Morgan fingerprint density at radius 2 is 2.05 bits per heavy atom. The maximum absolute atomic E-state index is 12.1. The number of carbonyl (C=O) groups is 1. The van der Waals surface area contributed by atoms with Crippen LogP contribution in [0.4, 0.5) is 0 Å². The SMILES string of the molecule is N#CC1SC(NC(=O)CC2CCCC2)=NC1c1ccccc1. The third-order valence-electron chi connectivity index (χ3n) is 4.25. The summed E-state index contributed by atoms with van der Waals surface area (Å²) in [4.78, 5) is 16.7. The highest BCUT2D eigenvalue weighted by Gasteiger charge is 2.32. The van der Waals surface area contributed by atoms with Crippen molar-refractivity contribution in [3.05, 3.63) is 35.9 Å². The van der Waals surface area contributed by atoms with E-state index in [1.807, 2.05) is 30.3 Å². The van der Waals surface area contributed by atoms with Gasteiger partial charge in [-0.05, 0) is 24.3 Å². The molecule has 5 heteroatoms. The van der Waals surface area contributed by atoms with E-state index >= 15 is 0 Å². The number of benzene rings is 1. The minimum Gasteiger partial charge on any atom is -0.305 e. The van der Waals surface area contributed by atoms with Crippen molar-refractivity contribution < 1.29 is 4.79 Å². The molecule has 1 aliphatic heterocycles. The Labute approximate surface area is 135 Å². The molecule has 1 amide bonds. The van der Waals surface area contributed by atoms with Gasteiger partial charge >= 0.3 is 0 Å². The van der Waals surface area contributed by atoms with E-state index in [0.29, 0.717) is 17.5 Å². The normalized spacial score (nSPS) is 24.8. The molecule has 1 heterocycles. The van der Waals surface area contributed by atoms with Crippen LogP contribution in [0, 0.1) is 17.2 Å². The summed E-state index contributed by atoms with van der Waals surface area (Å²) < 4.78 is 0. The summed E-state index contributed by atoms with van der Waals surface area (Å²) in [6.45, 7) is 0. The molecule has 2 aliphatic rings. The highest BCUT2D eigenvalue weighted by atomic mass is 32.2. The van der Waals surface area contributed by atoms with Gasteiger partial charge in [0.05, 0.1) is 6.07 Å². The predicted molar refractivity (Wildman–Crippen MR) is 88.3 cm³/mol. The van der Waals surface area contributed by atoms with Gasteiger partial charge in [0.2, 0.25) is 5.91 Å². The van der Waals surface area contributed by atoms with Gasteiger partial charge in [0.15, 0.2) is 5.17 Å². The molecule has 4 nitrogen and oxygen atoms in total. The molecule has 2 unspecified atom stereocenters. The molecule has 1 aromatic rings. The highest BCUT2D eigenvalue weighted by molar-refractivity contribution is 8.14. The second-order valence-corrected chi connectivity index (χ2v) is 6.99. The van der Waals surface area contributed by atoms with Crippen molar-refractivity contribution in [3.8, 4) is 6.07 Å². The number of hydrogen-bond donors (Lipinski definition) is 1. The summed E-state index contributed by atoms with van der Waals surface area (Å²) >= 11 is 1.36. The van der Waals surface area contributed by atoms with Crippen molar-refractivity contribution >= 4 is 22.8 Å².